The fourth-order valence-electron chi connectivity index (χ4n) is 0.295. The minimum Gasteiger partial charge on any atom is -0.389 e. The van der Waals surface area contributed by atoms with Crippen LogP contribution < -0.4 is 0 Å². The van der Waals surface area contributed by atoms with Gasteiger partial charge in [-0.3, -0.25) is 0 Å². The summed E-state index contributed by atoms with van der Waals surface area (Å²) >= 11 is 16.0. The maximum absolute atomic E-state index is 5.50. The molecule has 0 aromatic rings. The van der Waals surface area contributed by atoms with E-state index in [2.05, 4.69) is 0 Å². The van der Waals surface area contributed by atoms with E-state index in [9.17, 15) is 0 Å². The summed E-state index contributed by atoms with van der Waals surface area (Å²) in [6.07, 6.45) is 3.40. The molecule has 1 atom stereocenters. The molecule has 0 N–H and O–H groups in total. The van der Waals surface area contributed by atoms with Gasteiger partial charge in [0.05, 0.1) is 0 Å². The van der Waals surface area contributed by atoms with E-state index in [0.29, 0.717) is 0 Å². The fraction of sp³-hybridized carbons (Fsp3) is 0.500. The van der Waals surface area contributed by atoms with Gasteiger partial charge in [-0.1, -0.05) is 17.7 Å². The predicted molar refractivity (Wildman–Crippen MR) is 43.0 cm³/mol. The lowest BCUT2D eigenvalue weighted by Crippen LogP contribution is -2.08. The Morgan fingerprint density at radius 3 is 2.44 bits per heavy atom. The highest BCUT2D eigenvalue weighted by Crippen LogP contribution is 2.07. The van der Waals surface area contributed by atoms with Gasteiger partial charge >= 0.3 is 5.75 Å². The van der Waals surface area contributed by atoms with Crippen molar-refractivity contribution < 1.29 is 4.65 Å². The molecular formula is C4H6BCl3O. The Morgan fingerprint density at radius 2 is 2.11 bits per heavy atom. The summed E-state index contributed by atoms with van der Waals surface area (Å²) in [4.78, 5) is 0. The Hall–Kier alpha value is 0.635. The van der Waals surface area contributed by atoms with Crippen LogP contribution in [-0.4, -0.2) is 11.3 Å². The smallest absolute Gasteiger partial charge is 0.389 e. The quantitative estimate of drug-likeness (QED) is 0.375. The maximum atomic E-state index is 5.50. The summed E-state index contributed by atoms with van der Waals surface area (Å²) in [5.74, 6) is -0.858. The summed E-state index contributed by atoms with van der Waals surface area (Å²) in [5.41, 5.74) is -0.532. The molecule has 0 amide bonds. The SMILES string of the molecule is C/C=C/C(Cl)OB(Cl)Cl. The van der Waals surface area contributed by atoms with Crippen LogP contribution in [0.2, 0.25) is 0 Å². The topological polar surface area (TPSA) is 9.23 Å². The summed E-state index contributed by atoms with van der Waals surface area (Å²) < 4.78 is 4.70. The minimum absolute atomic E-state index is 0.532. The highest BCUT2D eigenvalue weighted by atomic mass is 35.5. The predicted octanol–water partition coefficient (Wildman–Crippen LogP) is 2.61. The summed E-state index contributed by atoms with van der Waals surface area (Å²) in [6, 6.07) is 0. The van der Waals surface area contributed by atoms with E-state index in [-0.39, 0.29) is 0 Å². The molecule has 1 nitrogen and oxygen atoms in total. The van der Waals surface area contributed by atoms with Gasteiger partial charge in [0.1, 0.15) is 5.56 Å². The zero-order valence-corrected chi connectivity index (χ0v) is 7.12. The number of alkyl halides is 1. The van der Waals surface area contributed by atoms with E-state index in [1.54, 1.807) is 12.2 Å². The van der Waals surface area contributed by atoms with Crippen molar-refractivity contribution in [2.24, 2.45) is 0 Å². The Morgan fingerprint density at radius 1 is 1.56 bits per heavy atom. The van der Waals surface area contributed by atoms with Gasteiger partial charge < -0.3 is 4.65 Å². The average molecular weight is 187 g/mol. The summed E-state index contributed by atoms with van der Waals surface area (Å²) in [5, 5.41) is 0. The molecular weight excluding hydrogens is 181 g/mol. The van der Waals surface area contributed by atoms with Gasteiger partial charge in [-0.05, 0) is 13.0 Å². The highest BCUT2D eigenvalue weighted by molar-refractivity contribution is 7.30. The van der Waals surface area contributed by atoms with Gasteiger partial charge in [-0.25, -0.2) is 0 Å². The van der Waals surface area contributed by atoms with Gasteiger partial charge in [-0.15, -0.1) is 22.9 Å². The first-order valence-electron chi connectivity index (χ1n) is 2.37. The zero-order chi connectivity index (χ0) is 7.28. The molecule has 5 heteroatoms. The first kappa shape index (κ1) is 9.63. The molecule has 0 aliphatic rings. The fourth-order valence-corrected chi connectivity index (χ4v) is 0.870. The molecule has 0 rings (SSSR count). The maximum Gasteiger partial charge on any atom is 0.509 e. The van der Waals surface area contributed by atoms with Crippen LogP contribution in [0.1, 0.15) is 6.92 Å². The Bertz CT molecular complexity index is 95.8. The second-order valence-electron chi connectivity index (χ2n) is 1.27. The first-order valence-corrected chi connectivity index (χ1v) is 3.68. The van der Waals surface area contributed by atoms with Crippen LogP contribution in [0.25, 0.3) is 0 Å². The Labute approximate surface area is 69.9 Å². The standard InChI is InChI=1S/C4H6BCl3O/c1-2-3-4(6)9-5(7)8/h2-4H,1H3/b3-2+. The minimum atomic E-state index is -0.858. The number of halogens is 3. The van der Waals surface area contributed by atoms with Crippen molar-refractivity contribution >= 4 is 40.3 Å². The Balaban J connectivity index is 3.38. The van der Waals surface area contributed by atoms with Gasteiger partial charge in [0, 0.05) is 0 Å². The molecule has 0 saturated heterocycles. The normalized spacial score (nSPS) is 14.2. The molecule has 0 aliphatic carbocycles. The molecule has 0 saturated carbocycles. The van der Waals surface area contributed by atoms with Crippen LogP contribution in [0, 0.1) is 0 Å². The van der Waals surface area contributed by atoms with Crippen molar-refractivity contribution in [2.45, 2.75) is 12.5 Å². The van der Waals surface area contributed by atoms with Crippen molar-refractivity contribution in [3.63, 3.8) is 0 Å². The van der Waals surface area contributed by atoms with Gasteiger partial charge in [-0.2, -0.15) is 0 Å². The zero-order valence-electron chi connectivity index (χ0n) is 4.85. The van der Waals surface area contributed by atoms with Crippen molar-refractivity contribution in [2.75, 3.05) is 0 Å². The van der Waals surface area contributed by atoms with Crippen LogP contribution in [-0.2, 0) is 4.65 Å². The molecule has 1 unspecified atom stereocenters. The number of rotatable bonds is 3. The third-order valence-electron chi connectivity index (χ3n) is 0.577. The van der Waals surface area contributed by atoms with E-state index in [1.165, 1.54) is 0 Å². The highest BCUT2D eigenvalue weighted by Gasteiger charge is 2.10. The van der Waals surface area contributed by atoms with Crippen LogP contribution >= 0.6 is 34.5 Å². The van der Waals surface area contributed by atoms with E-state index >= 15 is 0 Å². The third-order valence-corrected chi connectivity index (χ3v) is 1.03. The third kappa shape index (κ3) is 6.52. The number of hydrogen-bond donors (Lipinski definition) is 0. The lowest BCUT2D eigenvalue weighted by molar-refractivity contribution is 0.351. The first-order chi connectivity index (χ1) is 4.16. The molecule has 0 aromatic heterocycles. The molecule has 0 aliphatic heterocycles. The van der Waals surface area contributed by atoms with E-state index in [4.69, 9.17) is 39.2 Å². The Kier molecular flexibility index (Phi) is 5.80. The number of hydrogen-bond acceptors (Lipinski definition) is 1. The molecule has 52 valence electrons. The summed E-state index contributed by atoms with van der Waals surface area (Å²) in [6.45, 7) is 1.83. The van der Waals surface area contributed by atoms with E-state index in [1.807, 2.05) is 6.92 Å². The van der Waals surface area contributed by atoms with Crippen LogP contribution in [0.3, 0.4) is 0 Å². The van der Waals surface area contributed by atoms with Crippen LogP contribution in [0.15, 0.2) is 12.2 Å². The molecule has 0 heterocycles. The van der Waals surface area contributed by atoms with Gasteiger partial charge in [0.2, 0.25) is 0 Å². The molecule has 9 heavy (non-hydrogen) atoms. The van der Waals surface area contributed by atoms with E-state index in [0.717, 1.165) is 0 Å². The molecule has 0 fully saturated rings. The monoisotopic (exact) mass is 186 g/mol. The second-order valence-corrected chi connectivity index (χ2v) is 2.72. The lowest BCUT2D eigenvalue weighted by atomic mass is 10.5. The van der Waals surface area contributed by atoms with Crippen LogP contribution in [0.5, 0.6) is 0 Å². The summed E-state index contributed by atoms with van der Waals surface area (Å²) in [7, 11) is 0. The molecule has 0 spiro atoms. The molecule has 0 radical (unpaired) electrons. The van der Waals surface area contributed by atoms with Crippen LogP contribution in [0.4, 0.5) is 0 Å². The van der Waals surface area contributed by atoms with Crippen molar-refractivity contribution in [1.82, 2.24) is 0 Å². The average Bonchev–Trinajstić information content (AvgIpc) is 1.63. The number of allylic oxidation sites excluding steroid dienone is 1. The van der Waals surface area contributed by atoms with Gasteiger partial charge in [0.15, 0.2) is 0 Å². The van der Waals surface area contributed by atoms with Crippen molar-refractivity contribution in [1.29, 1.82) is 0 Å². The molecule has 0 aromatic carbocycles. The van der Waals surface area contributed by atoms with Gasteiger partial charge in [0.25, 0.3) is 0 Å². The van der Waals surface area contributed by atoms with Crippen molar-refractivity contribution in [3.8, 4) is 0 Å². The largest absolute Gasteiger partial charge is 0.509 e. The molecule has 0 bridgehead atoms. The lowest BCUT2D eigenvalue weighted by Gasteiger charge is -2.03. The second kappa shape index (κ2) is 5.42. The van der Waals surface area contributed by atoms with Crippen molar-refractivity contribution in [3.05, 3.63) is 12.2 Å². The van der Waals surface area contributed by atoms with E-state index < -0.39 is 11.3 Å².